The summed E-state index contributed by atoms with van der Waals surface area (Å²) in [5.74, 6) is 0.717. The third-order valence-corrected chi connectivity index (χ3v) is 2.15. The number of aromatic nitrogens is 2. The first-order valence-electron chi connectivity index (χ1n) is 4.09. The van der Waals surface area contributed by atoms with Crippen molar-refractivity contribution in [1.82, 2.24) is 10.1 Å². The largest absolute Gasteiger partial charge is 0.363 e. The Bertz CT molecular complexity index is 385. The highest BCUT2D eigenvalue weighted by molar-refractivity contribution is 9.10. The van der Waals surface area contributed by atoms with Crippen molar-refractivity contribution in [3.05, 3.63) is 40.8 Å². The molecule has 4 nitrogen and oxygen atoms in total. The molecule has 0 fully saturated rings. The average molecular weight is 254 g/mol. The zero-order valence-electron chi connectivity index (χ0n) is 7.27. The Morgan fingerprint density at radius 1 is 1.36 bits per heavy atom. The second-order valence-electron chi connectivity index (χ2n) is 2.71. The molecule has 0 saturated heterocycles. The Balaban J connectivity index is 1.95. The lowest BCUT2D eigenvalue weighted by atomic mass is 10.3. The highest BCUT2D eigenvalue weighted by Gasteiger charge is 1.96. The van der Waals surface area contributed by atoms with E-state index in [0.717, 1.165) is 16.0 Å². The fourth-order valence-corrected chi connectivity index (χ4v) is 1.23. The highest BCUT2D eigenvalue weighted by Crippen LogP contribution is 2.09. The van der Waals surface area contributed by atoms with Crippen LogP contribution in [-0.2, 0) is 6.54 Å². The Morgan fingerprint density at radius 2 is 2.29 bits per heavy atom. The molecule has 14 heavy (non-hydrogen) atoms. The molecular weight excluding hydrogens is 246 g/mol. The molecule has 0 aliphatic heterocycles. The third kappa shape index (κ3) is 2.32. The van der Waals surface area contributed by atoms with Gasteiger partial charge in [0, 0.05) is 16.7 Å². The number of pyridine rings is 1. The van der Waals surface area contributed by atoms with Crippen molar-refractivity contribution in [1.29, 1.82) is 0 Å². The van der Waals surface area contributed by atoms with E-state index < -0.39 is 0 Å². The van der Waals surface area contributed by atoms with Crippen LogP contribution in [0.4, 0.5) is 5.82 Å². The van der Waals surface area contributed by atoms with Crippen LogP contribution in [0, 0.1) is 0 Å². The Hall–Kier alpha value is -1.36. The van der Waals surface area contributed by atoms with E-state index in [1.54, 1.807) is 12.3 Å². The maximum absolute atomic E-state index is 4.68. The van der Waals surface area contributed by atoms with Crippen LogP contribution in [0.3, 0.4) is 0 Å². The molecule has 5 heteroatoms. The fraction of sp³-hybridized carbons (Fsp3) is 0.111. The Morgan fingerprint density at radius 3 is 2.93 bits per heavy atom. The summed E-state index contributed by atoms with van der Waals surface area (Å²) in [7, 11) is 0. The van der Waals surface area contributed by atoms with Crippen molar-refractivity contribution >= 4 is 21.7 Å². The molecule has 0 aliphatic rings. The zero-order chi connectivity index (χ0) is 9.80. The van der Waals surface area contributed by atoms with Gasteiger partial charge in [-0.3, -0.25) is 4.98 Å². The molecule has 0 bridgehead atoms. The lowest BCUT2D eigenvalue weighted by molar-refractivity contribution is 0.422. The number of nitrogens with zero attached hydrogens (tertiary/aromatic N) is 2. The van der Waals surface area contributed by atoms with Crippen molar-refractivity contribution in [2.45, 2.75) is 6.54 Å². The average Bonchev–Trinajstić information content (AvgIpc) is 2.70. The summed E-state index contributed by atoms with van der Waals surface area (Å²) in [4.78, 5) is 4.21. The summed E-state index contributed by atoms with van der Waals surface area (Å²) in [5, 5.41) is 6.80. The molecule has 0 atom stereocenters. The summed E-state index contributed by atoms with van der Waals surface area (Å²) < 4.78 is 5.66. The van der Waals surface area contributed by atoms with Crippen molar-refractivity contribution in [3.8, 4) is 0 Å². The van der Waals surface area contributed by atoms with Crippen LogP contribution < -0.4 is 5.32 Å². The van der Waals surface area contributed by atoms with Crippen LogP contribution in [-0.4, -0.2) is 10.1 Å². The number of hydrogen-bond donors (Lipinski definition) is 1. The normalized spacial score (nSPS) is 10.1. The minimum atomic E-state index is 0.639. The van der Waals surface area contributed by atoms with Crippen molar-refractivity contribution in [2.75, 3.05) is 5.32 Å². The number of rotatable bonds is 3. The third-order valence-electron chi connectivity index (χ3n) is 1.68. The number of anilines is 1. The summed E-state index contributed by atoms with van der Waals surface area (Å²) in [5.41, 5.74) is 0.955. The Kier molecular flexibility index (Phi) is 2.78. The SMILES string of the molecule is Brc1ccc(CNc2ccon2)nc1. The summed E-state index contributed by atoms with van der Waals surface area (Å²) in [6.45, 7) is 0.639. The van der Waals surface area contributed by atoms with Crippen LogP contribution >= 0.6 is 15.9 Å². The van der Waals surface area contributed by atoms with Crippen molar-refractivity contribution < 1.29 is 4.52 Å². The summed E-state index contributed by atoms with van der Waals surface area (Å²) >= 11 is 3.33. The van der Waals surface area contributed by atoms with Gasteiger partial charge >= 0.3 is 0 Å². The molecule has 2 rings (SSSR count). The molecule has 0 amide bonds. The smallest absolute Gasteiger partial charge is 0.169 e. The van der Waals surface area contributed by atoms with Gasteiger partial charge in [0.1, 0.15) is 6.26 Å². The van der Waals surface area contributed by atoms with Gasteiger partial charge in [0.2, 0.25) is 0 Å². The van der Waals surface area contributed by atoms with E-state index in [-0.39, 0.29) is 0 Å². The van der Waals surface area contributed by atoms with Gasteiger partial charge in [-0.2, -0.15) is 0 Å². The van der Waals surface area contributed by atoms with Crippen molar-refractivity contribution in [2.24, 2.45) is 0 Å². The maximum atomic E-state index is 4.68. The molecule has 72 valence electrons. The van der Waals surface area contributed by atoms with Gasteiger partial charge in [0.15, 0.2) is 5.82 Å². The first-order chi connectivity index (χ1) is 6.84. The summed E-state index contributed by atoms with van der Waals surface area (Å²) in [6, 6.07) is 5.66. The van der Waals surface area contributed by atoms with Crippen LogP contribution in [0.2, 0.25) is 0 Å². The topological polar surface area (TPSA) is 51.0 Å². The van der Waals surface area contributed by atoms with E-state index in [1.165, 1.54) is 6.26 Å². The molecule has 2 aromatic rings. The summed E-state index contributed by atoms with van der Waals surface area (Å²) in [6.07, 6.45) is 3.29. The number of nitrogens with one attached hydrogen (secondary N) is 1. The first kappa shape index (κ1) is 9.21. The molecular formula is C9H8BrN3O. The van der Waals surface area contributed by atoms with Crippen LogP contribution in [0.25, 0.3) is 0 Å². The van der Waals surface area contributed by atoms with E-state index in [9.17, 15) is 0 Å². The monoisotopic (exact) mass is 253 g/mol. The van der Waals surface area contributed by atoms with Gasteiger partial charge in [-0.05, 0) is 28.1 Å². The second kappa shape index (κ2) is 4.23. The molecule has 0 aromatic carbocycles. The second-order valence-corrected chi connectivity index (χ2v) is 3.62. The van der Waals surface area contributed by atoms with Crippen LogP contribution in [0.15, 0.2) is 39.7 Å². The van der Waals surface area contributed by atoms with Gasteiger partial charge in [-0.1, -0.05) is 5.16 Å². The van der Waals surface area contributed by atoms with Gasteiger partial charge in [0.25, 0.3) is 0 Å². The predicted octanol–water partition coefficient (Wildman–Crippen LogP) is 2.44. The van der Waals surface area contributed by atoms with E-state index in [1.807, 2.05) is 12.1 Å². The van der Waals surface area contributed by atoms with E-state index in [2.05, 4.69) is 35.9 Å². The van der Waals surface area contributed by atoms with Crippen LogP contribution in [0.5, 0.6) is 0 Å². The van der Waals surface area contributed by atoms with E-state index in [4.69, 9.17) is 0 Å². The number of hydrogen-bond acceptors (Lipinski definition) is 4. The quantitative estimate of drug-likeness (QED) is 0.913. The molecule has 1 N–H and O–H groups in total. The van der Waals surface area contributed by atoms with Gasteiger partial charge < -0.3 is 9.84 Å². The lowest BCUT2D eigenvalue weighted by Crippen LogP contribution is -2.01. The molecule has 0 unspecified atom stereocenters. The Labute approximate surface area is 89.5 Å². The molecule has 2 aromatic heterocycles. The molecule has 0 spiro atoms. The minimum Gasteiger partial charge on any atom is -0.363 e. The predicted molar refractivity (Wildman–Crippen MR) is 55.8 cm³/mol. The zero-order valence-corrected chi connectivity index (χ0v) is 8.86. The maximum Gasteiger partial charge on any atom is 0.169 e. The van der Waals surface area contributed by atoms with Gasteiger partial charge in [-0.15, -0.1) is 0 Å². The molecule has 0 radical (unpaired) electrons. The molecule has 2 heterocycles. The minimum absolute atomic E-state index is 0.639. The van der Waals surface area contributed by atoms with Gasteiger partial charge in [-0.25, -0.2) is 0 Å². The fourth-order valence-electron chi connectivity index (χ4n) is 0.996. The van der Waals surface area contributed by atoms with E-state index >= 15 is 0 Å². The molecule has 0 aliphatic carbocycles. The van der Waals surface area contributed by atoms with Crippen molar-refractivity contribution in [3.63, 3.8) is 0 Å². The standard InChI is InChI=1S/C9H8BrN3O/c10-7-1-2-8(11-5-7)6-12-9-3-4-14-13-9/h1-5H,6H2,(H,12,13). The first-order valence-corrected chi connectivity index (χ1v) is 4.88. The van der Waals surface area contributed by atoms with Gasteiger partial charge in [0.05, 0.1) is 12.2 Å². The molecule has 0 saturated carbocycles. The highest BCUT2D eigenvalue weighted by atomic mass is 79.9. The lowest BCUT2D eigenvalue weighted by Gasteiger charge is -2.00. The number of halogens is 1. The van der Waals surface area contributed by atoms with Crippen LogP contribution in [0.1, 0.15) is 5.69 Å². The van der Waals surface area contributed by atoms with E-state index in [0.29, 0.717) is 6.54 Å².